The predicted octanol–water partition coefficient (Wildman–Crippen LogP) is 3.44. The molecule has 0 aliphatic carbocycles. The summed E-state index contributed by atoms with van der Waals surface area (Å²) in [7, 11) is 0. The number of hydrogen-bond donors (Lipinski definition) is 2. The summed E-state index contributed by atoms with van der Waals surface area (Å²) in [6, 6.07) is 11.0. The van der Waals surface area contributed by atoms with Gasteiger partial charge >= 0.3 is 0 Å². The van der Waals surface area contributed by atoms with Crippen molar-refractivity contribution in [2.75, 3.05) is 0 Å². The van der Waals surface area contributed by atoms with Gasteiger partial charge in [0, 0.05) is 9.13 Å². The molecule has 132 valence electrons. The van der Waals surface area contributed by atoms with E-state index in [2.05, 4.69) is 33.4 Å². The Morgan fingerprint density at radius 1 is 0.960 bits per heavy atom. The summed E-state index contributed by atoms with van der Waals surface area (Å²) in [5.41, 5.74) is 8.63. The molecule has 0 heterocycles. The highest BCUT2D eigenvalue weighted by molar-refractivity contribution is 14.1. The second-order valence-electron chi connectivity index (χ2n) is 5.91. The molecule has 2 amide bonds. The van der Waals surface area contributed by atoms with Gasteiger partial charge in [0.05, 0.1) is 0 Å². The Morgan fingerprint density at radius 3 is 2.28 bits per heavy atom. The Morgan fingerprint density at radius 2 is 1.64 bits per heavy atom. The number of rotatable bonds is 4. The fourth-order valence-electron chi connectivity index (χ4n) is 2.07. The molecule has 0 saturated carbocycles. The van der Waals surface area contributed by atoms with Gasteiger partial charge in [0.15, 0.2) is 6.10 Å². The fourth-order valence-corrected chi connectivity index (χ4v) is 2.59. The van der Waals surface area contributed by atoms with E-state index in [1.165, 1.54) is 0 Å². The average molecular weight is 452 g/mol. The number of carbonyl (C=O) groups excluding carboxylic acids is 2. The quantitative estimate of drug-likeness (QED) is 0.552. The van der Waals surface area contributed by atoms with Gasteiger partial charge in [-0.3, -0.25) is 20.4 Å². The number of hydrogen-bond acceptors (Lipinski definition) is 3. The van der Waals surface area contributed by atoms with Crippen LogP contribution in [0.5, 0.6) is 5.75 Å². The molecule has 2 rings (SSSR count). The largest absolute Gasteiger partial charge is 0.481 e. The van der Waals surface area contributed by atoms with Gasteiger partial charge in [-0.1, -0.05) is 12.1 Å². The van der Waals surface area contributed by atoms with Crippen molar-refractivity contribution in [1.82, 2.24) is 10.9 Å². The third kappa shape index (κ3) is 5.19. The normalized spacial score (nSPS) is 11.6. The molecule has 2 aromatic rings. The SMILES string of the molecule is Cc1ccc(OC(C)C(=O)NNC(=O)c2ccc(C)c(I)c2)cc1C. The van der Waals surface area contributed by atoms with Crippen molar-refractivity contribution >= 4 is 34.4 Å². The van der Waals surface area contributed by atoms with Crippen LogP contribution in [0.4, 0.5) is 0 Å². The zero-order valence-electron chi connectivity index (χ0n) is 14.6. The van der Waals surface area contributed by atoms with Crippen molar-refractivity contribution in [3.8, 4) is 5.75 Å². The molecular formula is C19H21IN2O3. The third-order valence-corrected chi connectivity index (χ3v) is 5.06. The van der Waals surface area contributed by atoms with Gasteiger partial charge in [0.1, 0.15) is 5.75 Å². The lowest BCUT2D eigenvalue weighted by atomic mass is 10.1. The second-order valence-corrected chi connectivity index (χ2v) is 7.08. The van der Waals surface area contributed by atoms with Crippen molar-refractivity contribution in [3.63, 3.8) is 0 Å². The second kappa shape index (κ2) is 8.33. The Kier molecular flexibility index (Phi) is 6.41. The van der Waals surface area contributed by atoms with Crippen molar-refractivity contribution in [1.29, 1.82) is 0 Å². The first kappa shape index (κ1) is 19.2. The molecule has 0 bridgehead atoms. The molecule has 25 heavy (non-hydrogen) atoms. The molecule has 1 unspecified atom stereocenters. The molecule has 0 aliphatic rings. The summed E-state index contributed by atoms with van der Waals surface area (Å²) in [5, 5.41) is 0. The number of nitrogens with one attached hydrogen (secondary N) is 2. The van der Waals surface area contributed by atoms with E-state index < -0.39 is 12.0 Å². The Hall–Kier alpha value is -2.09. The van der Waals surface area contributed by atoms with Crippen molar-refractivity contribution < 1.29 is 14.3 Å². The van der Waals surface area contributed by atoms with Gasteiger partial charge in [-0.05, 0) is 91.2 Å². The van der Waals surface area contributed by atoms with Gasteiger partial charge in [-0.15, -0.1) is 0 Å². The number of amides is 2. The molecule has 2 aromatic carbocycles. The first-order valence-electron chi connectivity index (χ1n) is 7.88. The highest BCUT2D eigenvalue weighted by atomic mass is 127. The van der Waals surface area contributed by atoms with Crippen LogP contribution >= 0.6 is 22.6 Å². The minimum atomic E-state index is -0.736. The lowest BCUT2D eigenvalue weighted by Gasteiger charge is -2.16. The highest BCUT2D eigenvalue weighted by Crippen LogP contribution is 2.17. The zero-order valence-corrected chi connectivity index (χ0v) is 16.8. The van der Waals surface area contributed by atoms with Gasteiger partial charge in [-0.25, -0.2) is 0 Å². The van der Waals surface area contributed by atoms with E-state index in [0.29, 0.717) is 11.3 Å². The summed E-state index contributed by atoms with van der Waals surface area (Å²) < 4.78 is 6.61. The van der Waals surface area contributed by atoms with E-state index in [0.717, 1.165) is 20.3 Å². The number of ether oxygens (including phenoxy) is 1. The number of aryl methyl sites for hydroxylation is 3. The van der Waals surface area contributed by atoms with E-state index in [1.807, 2.05) is 45.0 Å². The smallest absolute Gasteiger partial charge is 0.279 e. The predicted molar refractivity (Wildman–Crippen MR) is 106 cm³/mol. The number of carbonyl (C=O) groups is 2. The van der Waals surface area contributed by atoms with Crippen LogP contribution in [0.2, 0.25) is 0 Å². The lowest BCUT2D eigenvalue weighted by Crippen LogP contribution is -2.47. The zero-order chi connectivity index (χ0) is 18.6. The molecule has 0 saturated heterocycles. The summed E-state index contributed by atoms with van der Waals surface area (Å²) >= 11 is 2.17. The van der Waals surface area contributed by atoms with Crippen LogP contribution in [0.3, 0.4) is 0 Å². The first-order valence-corrected chi connectivity index (χ1v) is 8.96. The molecule has 5 nitrogen and oxygen atoms in total. The van der Waals surface area contributed by atoms with E-state index >= 15 is 0 Å². The van der Waals surface area contributed by atoms with Gasteiger partial charge in [0.25, 0.3) is 11.8 Å². The standard InChI is InChI=1S/C19H21IN2O3/c1-11-6-8-16(9-13(11)3)25-14(4)18(23)21-22-19(24)15-7-5-12(2)17(20)10-15/h5-10,14H,1-4H3,(H,21,23)(H,22,24). The van der Waals surface area contributed by atoms with Gasteiger partial charge < -0.3 is 4.74 Å². The lowest BCUT2D eigenvalue weighted by molar-refractivity contribution is -0.128. The average Bonchev–Trinajstić information content (AvgIpc) is 2.58. The summed E-state index contributed by atoms with van der Waals surface area (Å²) in [4.78, 5) is 24.2. The molecule has 2 N–H and O–H groups in total. The molecule has 0 radical (unpaired) electrons. The topological polar surface area (TPSA) is 67.4 Å². The molecule has 0 aliphatic heterocycles. The number of benzene rings is 2. The van der Waals surface area contributed by atoms with E-state index in [-0.39, 0.29) is 5.91 Å². The fraction of sp³-hybridized carbons (Fsp3) is 0.263. The summed E-state index contributed by atoms with van der Waals surface area (Å²) in [6.45, 7) is 7.59. The monoisotopic (exact) mass is 452 g/mol. The van der Waals surface area contributed by atoms with Crippen LogP contribution in [-0.2, 0) is 4.79 Å². The summed E-state index contributed by atoms with van der Waals surface area (Å²) in [5.74, 6) is -0.178. The Bertz CT molecular complexity index is 805. The Balaban J connectivity index is 1.91. The number of hydrazine groups is 1. The third-order valence-electron chi connectivity index (χ3n) is 3.89. The molecule has 0 aromatic heterocycles. The molecule has 1 atom stereocenters. The van der Waals surface area contributed by atoms with E-state index in [4.69, 9.17) is 4.74 Å². The molecule has 6 heteroatoms. The first-order chi connectivity index (χ1) is 11.8. The molecule has 0 spiro atoms. The minimum absolute atomic E-state index is 0.371. The van der Waals surface area contributed by atoms with Gasteiger partial charge in [-0.2, -0.15) is 0 Å². The van der Waals surface area contributed by atoms with Crippen LogP contribution in [-0.4, -0.2) is 17.9 Å². The van der Waals surface area contributed by atoms with Crippen molar-refractivity contribution in [2.45, 2.75) is 33.8 Å². The maximum absolute atomic E-state index is 12.1. The van der Waals surface area contributed by atoms with Crippen molar-refractivity contribution in [2.24, 2.45) is 0 Å². The van der Waals surface area contributed by atoms with Crippen LogP contribution in [0, 0.1) is 24.3 Å². The van der Waals surface area contributed by atoms with E-state index in [9.17, 15) is 9.59 Å². The number of halogens is 1. The maximum atomic E-state index is 12.1. The van der Waals surface area contributed by atoms with Crippen LogP contribution < -0.4 is 15.6 Å². The van der Waals surface area contributed by atoms with Gasteiger partial charge in [0.2, 0.25) is 0 Å². The van der Waals surface area contributed by atoms with Crippen LogP contribution in [0.1, 0.15) is 34.0 Å². The maximum Gasteiger partial charge on any atom is 0.279 e. The minimum Gasteiger partial charge on any atom is -0.481 e. The van der Waals surface area contributed by atoms with Crippen LogP contribution in [0.25, 0.3) is 0 Å². The summed E-state index contributed by atoms with van der Waals surface area (Å²) in [6.07, 6.45) is -0.736. The molecule has 0 fully saturated rings. The van der Waals surface area contributed by atoms with E-state index in [1.54, 1.807) is 19.1 Å². The molecular weight excluding hydrogens is 431 g/mol. The van der Waals surface area contributed by atoms with Crippen molar-refractivity contribution in [3.05, 3.63) is 62.2 Å². The Labute approximate surface area is 161 Å². The van der Waals surface area contributed by atoms with Crippen LogP contribution in [0.15, 0.2) is 36.4 Å². The highest BCUT2D eigenvalue weighted by Gasteiger charge is 2.16.